The number of fused-ring (bicyclic) bond motifs is 2. The van der Waals surface area contributed by atoms with Crippen LogP contribution in [0.4, 0.5) is 0 Å². The molecule has 0 fully saturated rings. The summed E-state index contributed by atoms with van der Waals surface area (Å²) in [6.45, 7) is 6.02. The van der Waals surface area contributed by atoms with E-state index in [-0.39, 0.29) is 69.9 Å². The summed E-state index contributed by atoms with van der Waals surface area (Å²) in [6, 6.07) is 9.35. The molecule has 2 amide bonds. The molecule has 0 spiro atoms. The number of nitrogens with one attached hydrogen (secondary N) is 3. The van der Waals surface area contributed by atoms with Gasteiger partial charge in [0.1, 0.15) is 34.5 Å². The van der Waals surface area contributed by atoms with Gasteiger partial charge in [0.25, 0.3) is 0 Å². The molecule has 0 aliphatic heterocycles. The summed E-state index contributed by atoms with van der Waals surface area (Å²) in [6.07, 6.45) is 10.8. The molecular weight excluding hydrogens is 638 g/mol. The van der Waals surface area contributed by atoms with E-state index in [4.69, 9.17) is 0 Å². The van der Waals surface area contributed by atoms with Gasteiger partial charge in [-0.3, -0.25) is 9.59 Å². The largest absolute Gasteiger partial charge is 0.507 e. The van der Waals surface area contributed by atoms with Crippen LogP contribution in [-0.4, -0.2) is 68.6 Å². The van der Waals surface area contributed by atoms with E-state index in [9.17, 15) is 40.2 Å². The SMILES string of the molecule is Cc1c(/C=C/CCC(=O)NCCCCNCCCNC(=O)CC/C=C/c2c(C)c(O)c3cccc(O)c3c2O)c(O)c2c(O)cccc2c1O. The highest BCUT2D eigenvalue weighted by atomic mass is 16.3. The Hall–Kier alpha value is -5.42. The van der Waals surface area contributed by atoms with E-state index in [1.807, 2.05) is 0 Å². The number of aromatic hydroxyl groups is 6. The lowest BCUT2D eigenvalue weighted by molar-refractivity contribution is -0.121. The zero-order valence-electron chi connectivity index (χ0n) is 28.6. The summed E-state index contributed by atoms with van der Waals surface area (Å²) >= 11 is 0. The monoisotopic (exact) mass is 685 g/mol. The number of amides is 2. The Morgan fingerprint density at radius 3 is 1.48 bits per heavy atom. The minimum Gasteiger partial charge on any atom is -0.507 e. The maximum atomic E-state index is 12.2. The summed E-state index contributed by atoms with van der Waals surface area (Å²) < 4.78 is 0. The molecule has 0 saturated heterocycles. The van der Waals surface area contributed by atoms with Crippen molar-refractivity contribution in [3.05, 3.63) is 70.8 Å². The van der Waals surface area contributed by atoms with Crippen molar-refractivity contribution in [3.8, 4) is 34.5 Å². The predicted octanol–water partition coefficient (Wildman–Crippen LogP) is 6.12. The molecule has 11 heteroatoms. The van der Waals surface area contributed by atoms with E-state index in [0.29, 0.717) is 59.0 Å². The first-order valence-electron chi connectivity index (χ1n) is 16.9. The Balaban J connectivity index is 1.03. The summed E-state index contributed by atoms with van der Waals surface area (Å²) in [7, 11) is 0. The Morgan fingerprint density at radius 1 is 0.580 bits per heavy atom. The molecule has 4 aromatic carbocycles. The van der Waals surface area contributed by atoms with E-state index in [1.165, 1.54) is 12.1 Å². The van der Waals surface area contributed by atoms with Crippen LogP contribution in [0.1, 0.15) is 67.2 Å². The average molecular weight is 686 g/mol. The maximum Gasteiger partial charge on any atom is 0.220 e. The Labute approximate surface area is 291 Å². The third-order valence-electron chi connectivity index (χ3n) is 8.70. The molecule has 0 aliphatic rings. The molecule has 11 nitrogen and oxygen atoms in total. The second kappa shape index (κ2) is 17.8. The molecule has 0 aromatic heterocycles. The van der Waals surface area contributed by atoms with Crippen molar-refractivity contribution < 1.29 is 40.2 Å². The van der Waals surface area contributed by atoms with Crippen LogP contribution in [0.25, 0.3) is 33.7 Å². The summed E-state index contributed by atoms with van der Waals surface area (Å²) in [5.41, 5.74) is 1.78. The molecule has 0 unspecified atom stereocenters. The lowest BCUT2D eigenvalue weighted by Gasteiger charge is -2.12. The lowest BCUT2D eigenvalue weighted by atomic mass is 9.97. The highest BCUT2D eigenvalue weighted by Crippen LogP contribution is 2.44. The van der Waals surface area contributed by atoms with Crippen LogP contribution in [0.5, 0.6) is 34.5 Å². The minimum atomic E-state index is -0.121. The van der Waals surface area contributed by atoms with Crippen LogP contribution in [0.3, 0.4) is 0 Å². The van der Waals surface area contributed by atoms with Crippen molar-refractivity contribution in [2.24, 2.45) is 0 Å². The van der Waals surface area contributed by atoms with Gasteiger partial charge >= 0.3 is 0 Å². The second-order valence-electron chi connectivity index (χ2n) is 12.3. The van der Waals surface area contributed by atoms with Crippen LogP contribution in [0, 0.1) is 13.8 Å². The predicted molar refractivity (Wildman–Crippen MR) is 197 cm³/mol. The highest BCUT2D eigenvalue weighted by molar-refractivity contribution is 6.02. The zero-order chi connectivity index (χ0) is 36.2. The number of rotatable bonds is 17. The first-order chi connectivity index (χ1) is 24.0. The highest BCUT2D eigenvalue weighted by Gasteiger charge is 2.18. The normalized spacial score (nSPS) is 11.6. The molecule has 266 valence electrons. The fraction of sp³-hybridized carbons (Fsp3) is 0.333. The van der Waals surface area contributed by atoms with Gasteiger partial charge in [-0.15, -0.1) is 0 Å². The van der Waals surface area contributed by atoms with Crippen LogP contribution < -0.4 is 16.0 Å². The number of allylic oxidation sites excluding steroid dienone is 2. The number of phenolic OH excluding ortho intramolecular Hbond substituents is 6. The number of carbonyl (C=O) groups excluding carboxylic acids is 2. The average Bonchev–Trinajstić information content (AvgIpc) is 3.09. The van der Waals surface area contributed by atoms with Crippen molar-refractivity contribution in [2.45, 2.75) is 58.8 Å². The van der Waals surface area contributed by atoms with E-state index in [2.05, 4.69) is 16.0 Å². The van der Waals surface area contributed by atoms with Gasteiger partial charge in [-0.05, 0) is 71.2 Å². The van der Waals surface area contributed by atoms with Gasteiger partial charge < -0.3 is 46.6 Å². The number of phenols is 6. The first kappa shape index (κ1) is 37.4. The van der Waals surface area contributed by atoms with Gasteiger partial charge in [0.2, 0.25) is 11.8 Å². The van der Waals surface area contributed by atoms with Crippen LogP contribution >= 0.6 is 0 Å². The number of hydrogen-bond acceptors (Lipinski definition) is 9. The van der Waals surface area contributed by atoms with Crippen LogP contribution in [0.2, 0.25) is 0 Å². The zero-order valence-corrected chi connectivity index (χ0v) is 28.6. The van der Waals surface area contributed by atoms with Crippen molar-refractivity contribution >= 4 is 45.5 Å². The molecule has 50 heavy (non-hydrogen) atoms. The Kier molecular flexibility index (Phi) is 13.3. The lowest BCUT2D eigenvalue weighted by Crippen LogP contribution is -2.28. The van der Waals surface area contributed by atoms with Crippen molar-refractivity contribution in [3.63, 3.8) is 0 Å². The molecule has 0 heterocycles. The fourth-order valence-corrected chi connectivity index (χ4v) is 5.84. The fourth-order valence-electron chi connectivity index (χ4n) is 5.84. The minimum absolute atomic E-state index is 0.00699. The molecule has 0 saturated carbocycles. The van der Waals surface area contributed by atoms with Gasteiger partial charge in [0, 0.05) is 59.0 Å². The standard InChI is InChI=1S/C39H47N3O8/c1-24-26(38(49)34-28(36(24)47)14-9-16-30(34)43)12-3-5-18-32(45)41-22-8-7-20-40-21-11-23-42-33(46)19-6-4-13-27-25(2)37(48)29-15-10-17-31(44)35(29)39(27)50/h3-4,9-10,12-17,40,43-44,47-50H,5-8,11,18-23H2,1-2H3,(H,41,45)(H,42,46)/b12-3+,13-4+. The molecule has 0 radical (unpaired) electrons. The third kappa shape index (κ3) is 9.17. The summed E-state index contributed by atoms with van der Waals surface area (Å²) in [5, 5.41) is 73.0. The summed E-state index contributed by atoms with van der Waals surface area (Å²) in [4.78, 5) is 24.4. The third-order valence-corrected chi connectivity index (χ3v) is 8.70. The Bertz CT molecular complexity index is 1760. The molecule has 4 aromatic rings. The van der Waals surface area contributed by atoms with E-state index in [0.717, 1.165) is 32.4 Å². The number of unbranched alkanes of at least 4 members (excludes halogenated alkanes) is 1. The van der Waals surface area contributed by atoms with Crippen molar-refractivity contribution in [2.75, 3.05) is 26.2 Å². The van der Waals surface area contributed by atoms with Gasteiger partial charge in [0.05, 0.1) is 10.8 Å². The van der Waals surface area contributed by atoms with Gasteiger partial charge in [-0.1, -0.05) is 48.6 Å². The quantitative estimate of drug-likeness (QED) is 0.0465. The number of benzene rings is 4. The van der Waals surface area contributed by atoms with Crippen molar-refractivity contribution in [1.82, 2.24) is 16.0 Å². The number of carbonyl (C=O) groups is 2. The number of hydrogen-bond donors (Lipinski definition) is 9. The van der Waals surface area contributed by atoms with Crippen LogP contribution in [0.15, 0.2) is 48.6 Å². The van der Waals surface area contributed by atoms with Crippen LogP contribution in [-0.2, 0) is 9.59 Å². The molecule has 0 bridgehead atoms. The summed E-state index contributed by atoms with van der Waals surface area (Å²) in [5.74, 6) is -0.643. The topological polar surface area (TPSA) is 192 Å². The Morgan fingerprint density at radius 2 is 1.00 bits per heavy atom. The maximum absolute atomic E-state index is 12.2. The van der Waals surface area contributed by atoms with Gasteiger partial charge in [0.15, 0.2) is 0 Å². The van der Waals surface area contributed by atoms with Gasteiger partial charge in [-0.25, -0.2) is 0 Å². The molecule has 0 aliphatic carbocycles. The smallest absolute Gasteiger partial charge is 0.220 e. The molecular formula is C39H47N3O8. The van der Waals surface area contributed by atoms with Crippen molar-refractivity contribution in [1.29, 1.82) is 0 Å². The van der Waals surface area contributed by atoms with E-state index < -0.39 is 0 Å². The molecule has 9 N–H and O–H groups in total. The molecule has 0 atom stereocenters. The second-order valence-corrected chi connectivity index (χ2v) is 12.3. The van der Waals surface area contributed by atoms with E-state index >= 15 is 0 Å². The van der Waals surface area contributed by atoms with E-state index in [1.54, 1.807) is 62.4 Å². The van der Waals surface area contributed by atoms with Gasteiger partial charge in [-0.2, -0.15) is 0 Å². The first-order valence-corrected chi connectivity index (χ1v) is 16.9. The molecule has 4 rings (SSSR count).